The van der Waals surface area contributed by atoms with E-state index in [9.17, 15) is 9.18 Å². The van der Waals surface area contributed by atoms with Crippen molar-refractivity contribution < 1.29 is 13.9 Å². The van der Waals surface area contributed by atoms with Gasteiger partial charge in [-0.3, -0.25) is 0 Å². The van der Waals surface area contributed by atoms with Gasteiger partial charge in [-0.05, 0) is 41.8 Å². The maximum Gasteiger partial charge on any atom is 0.352 e. The molecule has 3 rings (SSSR count). The molecular weight excluding hydrogens is 353 g/mol. The lowest BCUT2D eigenvalue weighted by atomic mass is 10.0. The quantitative estimate of drug-likeness (QED) is 0.399. The second-order valence-corrected chi connectivity index (χ2v) is 5.82. The number of nitrogens with two attached hydrogens (primary N) is 1. The maximum absolute atomic E-state index is 13.2. The normalized spacial score (nSPS) is 9.92. The third-order valence-electron chi connectivity index (χ3n) is 3.63. The molecule has 128 valence electrons. The Morgan fingerprint density at radius 2 is 1.81 bits per heavy atom. The van der Waals surface area contributed by atoms with Gasteiger partial charge in [0.25, 0.3) is 0 Å². The van der Waals surface area contributed by atoms with Crippen LogP contribution in [-0.2, 0) is 4.74 Å². The molecule has 0 atom stereocenters. The lowest BCUT2D eigenvalue weighted by molar-refractivity contribution is 0.0690. The molecule has 0 aliphatic carbocycles. The van der Waals surface area contributed by atoms with Crippen LogP contribution in [0, 0.1) is 17.8 Å². The van der Waals surface area contributed by atoms with Crippen molar-refractivity contribution in [2.45, 2.75) is 0 Å². The number of ether oxygens (including phenoxy) is 1. The number of carbonyl (C=O) groups is 1. The molecule has 2 N–H and O–H groups in total. The zero-order chi connectivity index (χ0) is 18.5. The molecule has 5 heteroatoms. The van der Waals surface area contributed by atoms with Gasteiger partial charge in [0.15, 0.2) is 0 Å². The first-order valence-electron chi connectivity index (χ1n) is 7.67. The van der Waals surface area contributed by atoms with Crippen molar-refractivity contribution >= 4 is 23.3 Å². The zero-order valence-corrected chi connectivity index (χ0v) is 14.3. The topological polar surface area (TPSA) is 52.3 Å². The zero-order valence-electron chi connectivity index (χ0n) is 13.5. The first-order chi connectivity index (χ1) is 12.5. The molecule has 0 fully saturated rings. The Balaban J connectivity index is 1.76. The van der Waals surface area contributed by atoms with Crippen LogP contribution < -0.4 is 5.73 Å². The third-order valence-corrected chi connectivity index (χ3v) is 3.95. The molecule has 0 aromatic heterocycles. The van der Waals surface area contributed by atoms with Crippen molar-refractivity contribution in [3.05, 3.63) is 88.7 Å². The average molecular weight is 366 g/mol. The summed E-state index contributed by atoms with van der Waals surface area (Å²) in [7, 11) is 0. The molecule has 0 heterocycles. The fourth-order valence-corrected chi connectivity index (χ4v) is 2.61. The smallest absolute Gasteiger partial charge is 0.352 e. The number of hydrogen-bond donors (Lipinski definition) is 1. The summed E-state index contributed by atoms with van der Waals surface area (Å²) in [5, 5.41) is 0.424. The van der Waals surface area contributed by atoms with E-state index in [0.717, 1.165) is 11.1 Å². The van der Waals surface area contributed by atoms with Gasteiger partial charge in [0.05, 0.1) is 11.1 Å². The molecule has 3 aromatic carbocycles. The van der Waals surface area contributed by atoms with Gasteiger partial charge in [0, 0.05) is 16.3 Å². The molecule has 26 heavy (non-hydrogen) atoms. The Morgan fingerprint density at radius 3 is 2.54 bits per heavy atom. The van der Waals surface area contributed by atoms with Crippen LogP contribution in [0.1, 0.15) is 15.9 Å². The van der Waals surface area contributed by atoms with Crippen LogP contribution in [0.2, 0.25) is 5.02 Å². The number of anilines is 1. The Labute approximate surface area is 155 Å². The van der Waals surface area contributed by atoms with Gasteiger partial charge in [-0.1, -0.05) is 48.0 Å². The molecule has 3 aromatic rings. The molecule has 0 bridgehead atoms. The summed E-state index contributed by atoms with van der Waals surface area (Å²) in [4.78, 5) is 12.1. The van der Waals surface area contributed by atoms with E-state index in [-0.39, 0.29) is 11.1 Å². The summed E-state index contributed by atoms with van der Waals surface area (Å²) in [6.45, 7) is 0. The summed E-state index contributed by atoms with van der Waals surface area (Å²) in [6.07, 6.45) is 2.24. The Hall–Kier alpha value is -3.29. The summed E-state index contributed by atoms with van der Waals surface area (Å²) < 4.78 is 18.1. The van der Waals surface area contributed by atoms with E-state index in [2.05, 4.69) is 12.0 Å². The van der Waals surface area contributed by atoms with Gasteiger partial charge in [-0.15, -0.1) is 0 Å². The Bertz CT molecular complexity index is 1020. The van der Waals surface area contributed by atoms with Gasteiger partial charge >= 0.3 is 5.97 Å². The predicted molar refractivity (Wildman–Crippen MR) is 100.0 cm³/mol. The van der Waals surface area contributed by atoms with Crippen molar-refractivity contribution in [2.24, 2.45) is 0 Å². The summed E-state index contributed by atoms with van der Waals surface area (Å²) in [5.41, 5.74) is 8.24. The highest BCUT2D eigenvalue weighted by Crippen LogP contribution is 2.28. The SMILES string of the molecule is Nc1ccc(F)cc1C#COC(=O)c1ccc(-c2ccccc2)c(Cl)c1. The summed E-state index contributed by atoms with van der Waals surface area (Å²) in [5.74, 6) is 1.38. The summed E-state index contributed by atoms with van der Waals surface area (Å²) in [6, 6.07) is 18.2. The first-order valence-corrected chi connectivity index (χ1v) is 8.04. The number of benzene rings is 3. The van der Waals surface area contributed by atoms with Crippen molar-refractivity contribution in [1.29, 1.82) is 0 Å². The highest BCUT2D eigenvalue weighted by atomic mass is 35.5. The molecule has 0 saturated heterocycles. The third kappa shape index (κ3) is 4.02. The van der Waals surface area contributed by atoms with Gasteiger partial charge in [0.2, 0.25) is 0 Å². The number of nitrogen functional groups attached to an aromatic ring is 1. The minimum absolute atomic E-state index is 0.246. The second-order valence-electron chi connectivity index (χ2n) is 5.41. The van der Waals surface area contributed by atoms with Crippen LogP contribution in [0.5, 0.6) is 0 Å². The van der Waals surface area contributed by atoms with E-state index < -0.39 is 11.8 Å². The molecule has 0 aliphatic rings. The molecule has 3 nitrogen and oxygen atoms in total. The van der Waals surface area contributed by atoms with Crippen LogP contribution in [0.25, 0.3) is 11.1 Å². The van der Waals surface area contributed by atoms with Crippen molar-refractivity contribution in [3.8, 4) is 23.2 Å². The fraction of sp³-hybridized carbons (Fsp3) is 0. The average Bonchev–Trinajstić information content (AvgIpc) is 2.65. The van der Waals surface area contributed by atoms with Crippen LogP contribution in [0.3, 0.4) is 0 Å². The Kier molecular flexibility index (Phi) is 5.21. The number of esters is 1. The predicted octanol–water partition coefficient (Wildman–Crippen LogP) is 4.89. The van der Waals surface area contributed by atoms with Crippen molar-refractivity contribution in [1.82, 2.24) is 0 Å². The van der Waals surface area contributed by atoms with Crippen molar-refractivity contribution in [2.75, 3.05) is 5.73 Å². The van der Waals surface area contributed by atoms with E-state index in [1.807, 2.05) is 30.3 Å². The van der Waals surface area contributed by atoms with Gasteiger partial charge < -0.3 is 10.5 Å². The molecule has 0 unspecified atom stereocenters. The minimum Gasteiger partial charge on any atom is -0.398 e. The van der Waals surface area contributed by atoms with Crippen LogP contribution in [-0.4, -0.2) is 5.97 Å². The maximum atomic E-state index is 13.2. The van der Waals surface area contributed by atoms with Crippen LogP contribution >= 0.6 is 11.6 Å². The molecule has 0 aliphatic heterocycles. The van der Waals surface area contributed by atoms with E-state index in [4.69, 9.17) is 22.1 Å². The largest absolute Gasteiger partial charge is 0.398 e. The first kappa shape index (κ1) is 17.5. The van der Waals surface area contributed by atoms with Crippen LogP contribution in [0.15, 0.2) is 66.7 Å². The number of rotatable bonds is 2. The van der Waals surface area contributed by atoms with E-state index in [1.165, 1.54) is 24.3 Å². The number of halogens is 2. The highest BCUT2D eigenvalue weighted by molar-refractivity contribution is 6.33. The lowest BCUT2D eigenvalue weighted by Crippen LogP contribution is -2.01. The highest BCUT2D eigenvalue weighted by Gasteiger charge is 2.10. The standard InChI is InChI=1S/C21H13ClFNO2/c22-19-13-16(6-8-18(19)14-4-2-1-3-5-14)21(25)26-11-10-15-12-17(23)7-9-20(15)24/h1-9,12-13H,24H2. The van der Waals surface area contributed by atoms with Gasteiger partial charge in [-0.25, -0.2) is 9.18 Å². The van der Waals surface area contributed by atoms with Crippen molar-refractivity contribution in [3.63, 3.8) is 0 Å². The van der Waals surface area contributed by atoms with E-state index >= 15 is 0 Å². The number of carbonyl (C=O) groups excluding carboxylic acids is 1. The molecule has 0 spiro atoms. The molecule has 0 saturated carbocycles. The fourth-order valence-electron chi connectivity index (χ4n) is 2.32. The Morgan fingerprint density at radius 1 is 1.04 bits per heavy atom. The van der Waals surface area contributed by atoms with Gasteiger partial charge in [-0.2, -0.15) is 0 Å². The van der Waals surface area contributed by atoms with Crippen LogP contribution in [0.4, 0.5) is 10.1 Å². The van der Waals surface area contributed by atoms with Gasteiger partial charge in [0.1, 0.15) is 11.9 Å². The molecule has 0 radical (unpaired) electrons. The number of hydrogen-bond acceptors (Lipinski definition) is 3. The summed E-state index contributed by atoms with van der Waals surface area (Å²) >= 11 is 6.27. The second kappa shape index (κ2) is 7.73. The molecular formula is C21H13ClFNO2. The van der Waals surface area contributed by atoms with E-state index in [1.54, 1.807) is 12.1 Å². The van der Waals surface area contributed by atoms with E-state index in [0.29, 0.717) is 10.7 Å². The minimum atomic E-state index is -0.658. The lowest BCUT2D eigenvalue weighted by Gasteiger charge is -2.06. The molecule has 0 amide bonds. The monoisotopic (exact) mass is 365 g/mol.